The molecule has 5 heteroatoms. The second-order valence-electron chi connectivity index (χ2n) is 6.79. The SMILES string of the molecule is Cc1ccc(C)c(N2C(=S)N[C@H]3C[C@@]2(C)Oc2ccc(Cl)cc23)c1. The van der Waals surface area contributed by atoms with Gasteiger partial charge in [-0.1, -0.05) is 23.7 Å². The molecule has 0 aliphatic carbocycles. The molecular weight excluding hydrogens is 340 g/mol. The number of ether oxygens (including phenoxy) is 1. The van der Waals surface area contributed by atoms with Crippen LogP contribution in [0, 0.1) is 13.8 Å². The first kappa shape index (κ1) is 15.7. The van der Waals surface area contributed by atoms with Crippen LogP contribution in [0.15, 0.2) is 36.4 Å². The third-order valence-corrected chi connectivity index (χ3v) is 5.37. The molecule has 2 aromatic rings. The van der Waals surface area contributed by atoms with Crippen LogP contribution in [-0.2, 0) is 0 Å². The van der Waals surface area contributed by atoms with E-state index >= 15 is 0 Å². The van der Waals surface area contributed by atoms with E-state index in [0.29, 0.717) is 10.1 Å². The number of halogens is 1. The zero-order chi connectivity index (χ0) is 17.1. The molecule has 2 aliphatic heterocycles. The van der Waals surface area contributed by atoms with E-state index in [4.69, 9.17) is 28.6 Å². The van der Waals surface area contributed by atoms with Crippen LogP contribution in [0.3, 0.4) is 0 Å². The summed E-state index contributed by atoms with van der Waals surface area (Å²) in [6, 6.07) is 12.3. The Morgan fingerprint density at radius 1 is 1.25 bits per heavy atom. The zero-order valence-electron chi connectivity index (χ0n) is 13.9. The molecule has 4 rings (SSSR count). The normalized spacial score (nSPS) is 24.9. The summed E-state index contributed by atoms with van der Waals surface area (Å²) in [5, 5.41) is 4.87. The predicted molar refractivity (Wildman–Crippen MR) is 102 cm³/mol. The van der Waals surface area contributed by atoms with Gasteiger partial charge in [-0.25, -0.2) is 0 Å². The smallest absolute Gasteiger partial charge is 0.188 e. The highest BCUT2D eigenvalue weighted by atomic mass is 35.5. The molecular formula is C19H19ClN2OS. The zero-order valence-corrected chi connectivity index (χ0v) is 15.5. The van der Waals surface area contributed by atoms with Gasteiger partial charge in [0.2, 0.25) is 0 Å². The Bertz CT molecular complexity index is 853. The minimum Gasteiger partial charge on any atom is -0.467 e. The number of anilines is 1. The summed E-state index contributed by atoms with van der Waals surface area (Å²) >= 11 is 11.9. The van der Waals surface area contributed by atoms with Crippen molar-refractivity contribution < 1.29 is 4.74 Å². The minimum atomic E-state index is -0.521. The van der Waals surface area contributed by atoms with Crippen LogP contribution in [0.1, 0.15) is 36.1 Å². The summed E-state index contributed by atoms with van der Waals surface area (Å²) < 4.78 is 6.42. The maximum absolute atomic E-state index is 6.42. The van der Waals surface area contributed by atoms with Crippen LogP contribution in [-0.4, -0.2) is 10.8 Å². The lowest BCUT2D eigenvalue weighted by Crippen LogP contribution is -2.65. The fourth-order valence-electron chi connectivity index (χ4n) is 3.67. The van der Waals surface area contributed by atoms with Crippen molar-refractivity contribution in [2.75, 3.05) is 4.90 Å². The maximum atomic E-state index is 6.42. The van der Waals surface area contributed by atoms with Gasteiger partial charge in [-0.3, -0.25) is 4.90 Å². The number of fused-ring (bicyclic) bond motifs is 4. The predicted octanol–water partition coefficient (Wildman–Crippen LogP) is 4.89. The number of rotatable bonds is 1. The van der Waals surface area contributed by atoms with E-state index in [1.54, 1.807) is 0 Å². The van der Waals surface area contributed by atoms with Crippen molar-refractivity contribution >= 4 is 34.6 Å². The van der Waals surface area contributed by atoms with Gasteiger partial charge in [0.15, 0.2) is 10.8 Å². The van der Waals surface area contributed by atoms with Gasteiger partial charge in [0.1, 0.15) is 5.75 Å². The van der Waals surface area contributed by atoms with E-state index in [-0.39, 0.29) is 6.04 Å². The van der Waals surface area contributed by atoms with Crippen LogP contribution in [0.2, 0.25) is 5.02 Å². The number of aryl methyl sites for hydroxylation is 2. The minimum absolute atomic E-state index is 0.117. The molecule has 0 spiro atoms. The average molecular weight is 359 g/mol. The molecule has 2 heterocycles. The standard InChI is InChI=1S/C19H19ClN2OS/c1-11-4-5-12(2)16(8-11)22-18(24)21-15-10-19(22,3)23-17-7-6-13(20)9-14(15)17/h4-9,15H,10H2,1-3H3,(H,21,24)/t15-,19+/m0/s1. The Kier molecular flexibility index (Phi) is 3.52. The Morgan fingerprint density at radius 3 is 2.83 bits per heavy atom. The van der Waals surface area contributed by atoms with Crippen molar-refractivity contribution in [3.63, 3.8) is 0 Å². The largest absolute Gasteiger partial charge is 0.467 e. The van der Waals surface area contributed by atoms with Crippen molar-refractivity contribution in [3.8, 4) is 5.75 Å². The molecule has 1 saturated heterocycles. The van der Waals surface area contributed by atoms with Crippen molar-refractivity contribution in [2.24, 2.45) is 0 Å². The quantitative estimate of drug-likeness (QED) is 0.733. The summed E-state index contributed by atoms with van der Waals surface area (Å²) in [6.07, 6.45) is 0.799. The average Bonchev–Trinajstić information content (AvgIpc) is 2.51. The van der Waals surface area contributed by atoms with E-state index in [1.807, 2.05) is 18.2 Å². The van der Waals surface area contributed by atoms with Crippen molar-refractivity contribution in [2.45, 2.75) is 39.0 Å². The Hall–Kier alpha value is -1.78. The van der Waals surface area contributed by atoms with Gasteiger partial charge < -0.3 is 10.1 Å². The van der Waals surface area contributed by atoms with Gasteiger partial charge in [-0.05, 0) is 68.4 Å². The summed E-state index contributed by atoms with van der Waals surface area (Å²) in [4.78, 5) is 2.11. The van der Waals surface area contributed by atoms with Gasteiger partial charge in [-0.2, -0.15) is 0 Å². The third-order valence-electron chi connectivity index (χ3n) is 4.84. The lowest BCUT2D eigenvalue weighted by atomic mass is 9.90. The van der Waals surface area contributed by atoms with E-state index < -0.39 is 5.72 Å². The fourth-order valence-corrected chi connectivity index (χ4v) is 4.28. The van der Waals surface area contributed by atoms with E-state index in [2.05, 4.69) is 49.2 Å². The highest BCUT2D eigenvalue weighted by molar-refractivity contribution is 7.80. The Morgan fingerprint density at radius 2 is 2.04 bits per heavy atom. The molecule has 0 radical (unpaired) electrons. The van der Waals surface area contributed by atoms with Crippen LogP contribution < -0.4 is 15.0 Å². The van der Waals surface area contributed by atoms with Crippen LogP contribution in [0.5, 0.6) is 5.75 Å². The van der Waals surface area contributed by atoms with E-state index in [1.165, 1.54) is 11.1 Å². The summed E-state index contributed by atoms with van der Waals surface area (Å²) in [7, 11) is 0. The Balaban J connectivity index is 1.83. The van der Waals surface area contributed by atoms with Gasteiger partial charge in [0.05, 0.1) is 11.7 Å². The van der Waals surface area contributed by atoms with Crippen LogP contribution >= 0.6 is 23.8 Å². The molecule has 2 aromatic carbocycles. The molecule has 1 N–H and O–H groups in total. The lowest BCUT2D eigenvalue weighted by Gasteiger charge is -2.52. The van der Waals surface area contributed by atoms with E-state index in [0.717, 1.165) is 23.4 Å². The number of nitrogens with zero attached hydrogens (tertiary/aromatic N) is 1. The fraction of sp³-hybridized carbons (Fsp3) is 0.316. The first-order valence-corrected chi connectivity index (χ1v) is 8.82. The molecule has 2 bridgehead atoms. The molecule has 124 valence electrons. The molecule has 0 aromatic heterocycles. The maximum Gasteiger partial charge on any atom is 0.188 e. The molecule has 0 saturated carbocycles. The van der Waals surface area contributed by atoms with Gasteiger partial charge in [0.25, 0.3) is 0 Å². The number of hydrogen-bond donors (Lipinski definition) is 1. The first-order chi connectivity index (χ1) is 11.4. The summed E-state index contributed by atoms with van der Waals surface area (Å²) in [5.74, 6) is 0.864. The number of thiocarbonyl (C=S) groups is 1. The molecule has 1 fully saturated rings. The van der Waals surface area contributed by atoms with E-state index in [9.17, 15) is 0 Å². The van der Waals surface area contributed by atoms with Gasteiger partial charge >= 0.3 is 0 Å². The number of nitrogens with one attached hydrogen (secondary N) is 1. The molecule has 3 nitrogen and oxygen atoms in total. The van der Waals surface area contributed by atoms with Gasteiger partial charge in [0, 0.05) is 17.0 Å². The highest BCUT2D eigenvalue weighted by Gasteiger charge is 2.48. The number of hydrogen-bond acceptors (Lipinski definition) is 2. The van der Waals surface area contributed by atoms with Crippen molar-refractivity contribution in [3.05, 3.63) is 58.1 Å². The second kappa shape index (κ2) is 5.36. The monoisotopic (exact) mass is 358 g/mol. The summed E-state index contributed by atoms with van der Waals surface area (Å²) in [5.41, 5.74) is 4.02. The molecule has 0 unspecified atom stereocenters. The number of benzene rings is 2. The van der Waals surface area contributed by atoms with Crippen molar-refractivity contribution in [1.29, 1.82) is 0 Å². The third kappa shape index (κ3) is 2.36. The molecule has 2 aliphatic rings. The lowest BCUT2D eigenvalue weighted by molar-refractivity contribution is 0.0497. The van der Waals surface area contributed by atoms with Crippen molar-refractivity contribution in [1.82, 2.24) is 5.32 Å². The Labute approximate surface area is 152 Å². The molecule has 2 atom stereocenters. The topological polar surface area (TPSA) is 24.5 Å². The summed E-state index contributed by atoms with van der Waals surface area (Å²) in [6.45, 7) is 6.30. The van der Waals surface area contributed by atoms with Crippen LogP contribution in [0.4, 0.5) is 5.69 Å². The first-order valence-electron chi connectivity index (χ1n) is 8.04. The van der Waals surface area contributed by atoms with Gasteiger partial charge in [-0.15, -0.1) is 0 Å². The molecule has 0 amide bonds. The second-order valence-corrected chi connectivity index (χ2v) is 7.61. The molecule has 24 heavy (non-hydrogen) atoms. The highest BCUT2D eigenvalue weighted by Crippen LogP contribution is 2.46. The van der Waals surface area contributed by atoms with Crippen LogP contribution in [0.25, 0.3) is 0 Å².